The predicted octanol–water partition coefficient (Wildman–Crippen LogP) is 4.71. The number of hydrogen-bond donors (Lipinski definition) is 1. The van der Waals surface area contributed by atoms with Gasteiger partial charge in [0.1, 0.15) is 10.8 Å². The van der Waals surface area contributed by atoms with Gasteiger partial charge < -0.3 is 9.88 Å². The maximum atomic E-state index is 12.7. The molecular weight excluding hydrogens is 386 g/mol. The second-order valence-corrected chi connectivity index (χ2v) is 7.62. The van der Waals surface area contributed by atoms with Crippen molar-refractivity contribution in [2.24, 2.45) is 0 Å². The number of aromatic nitrogens is 4. The summed E-state index contributed by atoms with van der Waals surface area (Å²) in [6, 6.07) is 15.3. The lowest BCUT2D eigenvalue weighted by Gasteiger charge is -2.11. The number of hydrogen-bond acceptors (Lipinski definition) is 4. The van der Waals surface area contributed by atoms with E-state index in [4.69, 9.17) is 16.6 Å². The number of para-hydroxylation sites is 1. The Labute approximate surface area is 172 Å². The number of halogens is 1. The van der Waals surface area contributed by atoms with Crippen LogP contribution in [-0.4, -0.2) is 19.3 Å². The lowest BCUT2D eigenvalue weighted by molar-refractivity contribution is 0.647. The summed E-state index contributed by atoms with van der Waals surface area (Å²) < 4.78 is 3.62. The Balaban J connectivity index is 1.48. The largest absolute Gasteiger partial charge is 0.353 e. The van der Waals surface area contributed by atoms with Crippen LogP contribution >= 0.6 is 11.6 Å². The van der Waals surface area contributed by atoms with Crippen molar-refractivity contribution in [3.05, 3.63) is 75.9 Å². The number of fused-ring (bicyclic) bond motifs is 3. The van der Waals surface area contributed by atoms with Crippen LogP contribution in [0.25, 0.3) is 16.7 Å². The molecule has 0 saturated heterocycles. The lowest BCUT2D eigenvalue weighted by atomic mass is 10.2. The van der Waals surface area contributed by atoms with Crippen molar-refractivity contribution < 1.29 is 0 Å². The van der Waals surface area contributed by atoms with Gasteiger partial charge in [-0.1, -0.05) is 36.2 Å². The molecule has 0 unspecified atom stereocenters. The number of aryl methyl sites for hydroxylation is 2. The highest BCUT2D eigenvalue weighted by Gasteiger charge is 2.15. The van der Waals surface area contributed by atoms with E-state index >= 15 is 0 Å². The van der Waals surface area contributed by atoms with Gasteiger partial charge in [-0.25, -0.2) is 4.98 Å². The molecule has 0 amide bonds. The lowest BCUT2D eigenvalue weighted by Crippen LogP contribution is -2.22. The van der Waals surface area contributed by atoms with E-state index in [1.54, 1.807) is 6.20 Å². The molecular formula is C22H20ClN5O. The van der Waals surface area contributed by atoms with E-state index in [1.807, 2.05) is 42.5 Å². The maximum Gasteiger partial charge on any atom is 0.292 e. The fourth-order valence-corrected chi connectivity index (χ4v) is 4.03. The Kier molecular flexibility index (Phi) is 4.56. The molecule has 2 aromatic carbocycles. The number of benzene rings is 2. The molecule has 1 N–H and O–H groups in total. The predicted molar refractivity (Wildman–Crippen MR) is 115 cm³/mol. The quantitative estimate of drug-likeness (QED) is 0.536. The smallest absolute Gasteiger partial charge is 0.292 e. The third-order valence-corrected chi connectivity index (χ3v) is 5.67. The first-order valence-electron chi connectivity index (χ1n) is 9.80. The van der Waals surface area contributed by atoms with Crippen LogP contribution in [0.4, 0.5) is 11.4 Å². The fraction of sp³-hybridized carbons (Fsp3) is 0.227. The minimum Gasteiger partial charge on any atom is -0.353 e. The standard InChI is InChI=1S/C22H20ClN5O/c23-21-18(14-24-28(22(21)29)16-7-3-1-4-8-16)25-15-10-11-19-17(13-15)26-20-9-5-2-6-12-27(19)20/h1,3-4,7-8,10-11,13-14,25H,2,5-6,9,12H2. The average Bonchev–Trinajstić information content (AvgIpc) is 2.92. The second-order valence-electron chi connectivity index (χ2n) is 7.24. The van der Waals surface area contributed by atoms with Crippen LogP contribution in [0.15, 0.2) is 59.5 Å². The van der Waals surface area contributed by atoms with Crippen LogP contribution in [0.5, 0.6) is 0 Å². The van der Waals surface area contributed by atoms with Gasteiger partial charge in [0, 0.05) is 18.7 Å². The Morgan fingerprint density at radius 2 is 1.90 bits per heavy atom. The van der Waals surface area contributed by atoms with Gasteiger partial charge in [-0.3, -0.25) is 4.79 Å². The number of nitrogens with one attached hydrogen (secondary N) is 1. The van der Waals surface area contributed by atoms with Crippen LogP contribution in [0.2, 0.25) is 5.02 Å². The van der Waals surface area contributed by atoms with Gasteiger partial charge in [-0.2, -0.15) is 9.78 Å². The van der Waals surface area contributed by atoms with Gasteiger partial charge in [0.05, 0.1) is 28.6 Å². The van der Waals surface area contributed by atoms with Crippen molar-refractivity contribution in [1.82, 2.24) is 19.3 Å². The molecule has 146 valence electrons. The first kappa shape index (κ1) is 17.9. The average molecular weight is 406 g/mol. The molecule has 0 aliphatic carbocycles. The normalized spacial score (nSPS) is 13.8. The molecule has 2 aromatic heterocycles. The van der Waals surface area contributed by atoms with E-state index in [1.165, 1.54) is 23.9 Å². The van der Waals surface area contributed by atoms with Crippen LogP contribution in [0.1, 0.15) is 25.1 Å². The Hall–Kier alpha value is -3.12. The third-order valence-electron chi connectivity index (χ3n) is 5.31. The van der Waals surface area contributed by atoms with Crippen LogP contribution < -0.4 is 10.9 Å². The van der Waals surface area contributed by atoms with E-state index < -0.39 is 0 Å². The zero-order chi connectivity index (χ0) is 19.8. The van der Waals surface area contributed by atoms with Crippen LogP contribution in [0, 0.1) is 0 Å². The summed E-state index contributed by atoms with van der Waals surface area (Å²) in [6.45, 7) is 1.02. The Morgan fingerprint density at radius 3 is 2.76 bits per heavy atom. The van der Waals surface area contributed by atoms with E-state index in [0.717, 1.165) is 35.5 Å². The summed E-state index contributed by atoms with van der Waals surface area (Å²) in [5.74, 6) is 1.15. The van der Waals surface area contributed by atoms with Crippen LogP contribution in [-0.2, 0) is 13.0 Å². The molecule has 3 heterocycles. The first-order chi connectivity index (χ1) is 14.2. The highest BCUT2D eigenvalue weighted by atomic mass is 35.5. The van der Waals surface area contributed by atoms with Gasteiger partial charge in [-0.15, -0.1) is 0 Å². The highest BCUT2D eigenvalue weighted by Crippen LogP contribution is 2.27. The van der Waals surface area contributed by atoms with E-state index in [9.17, 15) is 4.79 Å². The van der Waals surface area contributed by atoms with Crippen molar-refractivity contribution in [3.63, 3.8) is 0 Å². The molecule has 4 aromatic rings. The van der Waals surface area contributed by atoms with Gasteiger partial charge in [0.15, 0.2) is 0 Å². The summed E-state index contributed by atoms with van der Waals surface area (Å²) in [5, 5.41) is 7.59. The Morgan fingerprint density at radius 1 is 1.03 bits per heavy atom. The second kappa shape index (κ2) is 7.37. The zero-order valence-electron chi connectivity index (χ0n) is 15.8. The van der Waals surface area contributed by atoms with Crippen LogP contribution in [0.3, 0.4) is 0 Å². The van der Waals surface area contributed by atoms with E-state index in [2.05, 4.69) is 21.0 Å². The summed E-state index contributed by atoms with van der Waals surface area (Å²) in [6.07, 6.45) is 6.23. The summed E-state index contributed by atoms with van der Waals surface area (Å²) in [7, 11) is 0. The number of anilines is 2. The Bertz CT molecular complexity index is 1250. The van der Waals surface area contributed by atoms with Crippen molar-refractivity contribution in [2.45, 2.75) is 32.2 Å². The fourth-order valence-electron chi connectivity index (χ4n) is 3.86. The summed E-state index contributed by atoms with van der Waals surface area (Å²) >= 11 is 6.36. The molecule has 0 fully saturated rings. The summed E-state index contributed by atoms with van der Waals surface area (Å²) in [4.78, 5) is 17.5. The van der Waals surface area contributed by atoms with E-state index in [-0.39, 0.29) is 10.6 Å². The molecule has 0 atom stereocenters. The minimum absolute atomic E-state index is 0.101. The molecule has 0 bridgehead atoms. The molecule has 1 aliphatic heterocycles. The van der Waals surface area contributed by atoms with Gasteiger partial charge in [-0.05, 0) is 43.2 Å². The highest BCUT2D eigenvalue weighted by molar-refractivity contribution is 6.33. The van der Waals surface area contributed by atoms with E-state index in [0.29, 0.717) is 11.4 Å². The molecule has 7 heteroatoms. The van der Waals surface area contributed by atoms with Crippen molar-refractivity contribution in [2.75, 3.05) is 5.32 Å². The van der Waals surface area contributed by atoms with Crippen molar-refractivity contribution in [3.8, 4) is 5.69 Å². The molecule has 29 heavy (non-hydrogen) atoms. The monoisotopic (exact) mass is 405 g/mol. The third kappa shape index (κ3) is 3.29. The summed E-state index contributed by atoms with van der Waals surface area (Å²) in [5.41, 5.74) is 3.71. The molecule has 5 rings (SSSR count). The van der Waals surface area contributed by atoms with Crippen molar-refractivity contribution >= 4 is 34.0 Å². The van der Waals surface area contributed by atoms with Crippen molar-refractivity contribution in [1.29, 1.82) is 0 Å². The van der Waals surface area contributed by atoms with Gasteiger partial charge >= 0.3 is 0 Å². The topological polar surface area (TPSA) is 64.7 Å². The molecule has 0 radical (unpaired) electrons. The number of nitrogens with zero attached hydrogens (tertiary/aromatic N) is 4. The molecule has 6 nitrogen and oxygen atoms in total. The molecule has 0 spiro atoms. The molecule has 0 saturated carbocycles. The zero-order valence-corrected chi connectivity index (χ0v) is 16.6. The maximum absolute atomic E-state index is 12.7. The first-order valence-corrected chi connectivity index (χ1v) is 10.2. The number of imidazole rings is 1. The minimum atomic E-state index is -0.363. The molecule has 1 aliphatic rings. The number of rotatable bonds is 3. The van der Waals surface area contributed by atoms with Gasteiger partial charge in [0.25, 0.3) is 5.56 Å². The SMILES string of the molecule is O=c1c(Cl)c(Nc2ccc3c(c2)nc2n3CCCCC2)cnn1-c1ccccc1. The van der Waals surface area contributed by atoms with Gasteiger partial charge in [0.2, 0.25) is 0 Å².